The van der Waals surface area contributed by atoms with Crippen molar-refractivity contribution in [1.82, 2.24) is 0 Å². The van der Waals surface area contributed by atoms with Crippen LogP contribution < -0.4 is 15.4 Å². The van der Waals surface area contributed by atoms with Crippen LogP contribution in [-0.2, 0) is 9.53 Å². The summed E-state index contributed by atoms with van der Waals surface area (Å²) in [5, 5.41) is 5.70. The third kappa shape index (κ3) is 6.06. The number of nitrogens with one attached hydrogen (secondary N) is 2. The van der Waals surface area contributed by atoms with Crippen molar-refractivity contribution in [1.29, 1.82) is 0 Å². The molecular formula is C23H28N2O4. The van der Waals surface area contributed by atoms with Crippen molar-refractivity contribution in [2.24, 2.45) is 5.41 Å². The van der Waals surface area contributed by atoms with Crippen LogP contribution in [0.1, 0.15) is 44.0 Å². The molecule has 1 aliphatic rings. The third-order valence-corrected chi connectivity index (χ3v) is 4.64. The number of carbonyl (C=O) groups is 2. The van der Waals surface area contributed by atoms with Crippen molar-refractivity contribution in [2.45, 2.75) is 39.7 Å². The van der Waals surface area contributed by atoms with E-state index in [0.717, 1.165) is 25.2 Å². The molecule has 2 N–H and O–H groups in total. The van der Waals surface area contributed by atoms with E-state index in [0.29, 0.717) is 23.5 Å². The number of rotatable bonds is 6. The van der Waals surface area contributed by atoms with E-state index in [1.54, 1.807) is 36.4 Å². The Morgan fingerprint density at radius 3 is 2.48 bits per heavy atom. The van der Waals surface area contributed by atoms with Crippen molar-refractivity contribution in [3.8, 4) is 5.75 Å². The molecule has 1 fully saturated rings. The van der Waals surface area contributed by atoms with Gasteiger partial charge in [-0.05, 0) is 55.3 Å². The van der Waals surface area contributed by atoms with Gasteiger partial charge in [-0.15, -0.1) is 0 Å². The first-order chi connectivity index (χ1) is 13.8. The molecule has 6 nitrogen and oxygen atoms in total. The van der Waals surface area contributed by atoms with Crippen molar-refractivity contribution in [3.63, 3.8) is 0 Å². The van der Waals surface area contributed by atoms with E-state index in [2.05, 4.69) is 10.6 Å². The minimum absolute atomic E-state index is 0.103. The van der Waals surface area contributed by atoms with Gasteiger partial charge in [-0.2, -0.15) is 0 Å². The van der Waals surface area contributed by atoms with Crippen molar-refractivity contribution >= 4 is 23.2 Å². The maximum Gasteiger partial charge on any atom is 0.255 e. The van der Waals surface area contributed by atoms with Gasteiger partial charge in [-0.1, -0.05) is 26.8 Å². The largest absolute Gasteiger partial charge is 0.491 e. The molecule has 2 amide bonds. The standard InChI is InChI=1S/C23H28N2O4/c1-23(2,3)22(27)25-18-7-4-6-16(14-18)21(26)24-17-9-11-19(12-10-17)29-15-20-8-5-13-28-20/h4,6-7,9-12,14,20H,5,8,13,15H2,1-3H3,(H,24,26)(H,25,27). The number of benzene rings is 2. The van der Waals surface area contributed by atoms with Gasteiger partial charge >= 0.3 is 0 Å². The number of amides is 2. The second-order valence-electron chi connectivity index (χ2n) is 8.21. The van der Waals surface area contributed by atoms with Gasteiger partial charge in [-0.25, -0.2) is 0 Å². The zero-order valence-electron chi connectivity index (χ0n) is 17.2. The smallest absolute Gasteiger partial charge is 0.255 e. The van der Waals surface area contributed by atoms with Crippen LogP contribution in [0.2, 0.25) is 0 Å². The molecule has 1 unspecified atom stereocenters. The van der Waals surface area contributed by atoms with E-state index < -0.39 is 5.41 Å². The van der Waals surface area contributed by atoms with E-state index in [9.17, 15) is 9.59 Å². The average Bonchev–Trinajstić information content (AvgIpc) is 3.20. The fourth-order valence-corrected chi connectivity index (χ4v) is 2.86. The van der Waals surface area contributed by atoms with Crippen molar-refractivity contribution in [2.75, 3.05) is 23.8 Å². The minimum Gasteiger partial charge on any atom is -0.491 e. The van der Waals surface area contributed by atoms with Crippen LogP contribution in [0, 0.1) is 5.41 Å². The van der Waals surface area contributed by atoms with Gasteiger partial charge in [0.05, 0.1) is 6.10 Å². The van der Waals surface area contributed by atoms with Gasteiger partial charge < -0.3 is 20.1 Å². The molecule has 2 aromatic rings. The maximum absolute atomic E-state index is 12.6. The molecule has 0 aliphatic carbocycles. The van der Waals surface area contributed by atoms with Gasteiger partial charge in [-0.3, -0.25) is 9.59 Å². The summed E-state index contributed by atoms with van der Waals surface area (Å²) in [5.41, 5.74) is 1.22. The van der Waals surface area contributed by atoms with Crippen LogP contribution in [0.5, 0.6) is 5.75 Å². The van der Waals surface area contributed by atoms with Crippen molar-refractivity contribution in [3.05, 3.63) is 54.1 Å². The Balaban J connectivity index is 1.56. The Morgan fingerprint density at radius 1 is 1.07 bits per heavy atom. The summed E-state index contributed by atoms with van der Waals surface area (Å²) in [6.45, 7) is 6.87. The summed E-state index contributed by atoms with van der Waals surface area (Å²) in [7, 11) is 0. The van der Waals surface area contributed by atoms with Crippen LogP contribution >= 0.6 is 0 Å². The van der Waals surface area contributed by atoms with Gasteiger partial charge in [0.2, 0.25) is 5.91 Å². The van der Waals surface area contributed by atoms with Gasteiger partial charge in [0.1, 0.15) is 12.4 Å². The van der Waals surface area contributed by atoms with Crippen LogP contribution in [-0.4, -0.2) is 31.1 Å². The summed E-state index contributed by atoms with van der Waals surface area (Å²) in [6.07, 6.45) is 2.28. The van der Waals surface area contributed by atoms with Crippen LogP contribution in [0.15, 0.2) is 48.5 Å². The predicted molar refractivity (Wildman–Crippen MR) is 113 cm³/mol. The molecule has 0 saturated carbocycles. The monoisotopic (exact) mass is 396 g/mol. The second kappa shape index (κ2) is 9.09. The lowest BCUT2D eigenvalue weighted by molar-refractivity contribution is -0.123. The van der Waals surface area contributed by atoms with E-state index in [1.165, 1.54) is 0 Å². The normalized spacial score (nSPS) is 16.3. The molecule has 29 heavy (non-hydrogen) atoms. The molecule has 3 rings (SSSR count). The van der Waals surface area contributed by atoms with Crippen LogP contribution in [0.4, 0.5) is 11.4 Å². The second-order valence-corrected chi connectivity index (χ2v) is 8.21. The molecule has 1 saturated heterocycles. The molecule has 154 valence electrons. The van der Waals surface area contributed by atoms with Gasteiger partial charge in [0.25, 0.3) is 5.91 Å². The Labute approximate surface area is 171 Å². The number of carbonyl (C=O) groups excluding carboxylic acids is 2. The molecule has 0 radical (unpaired) electrons. The predicted octanol–water partition coefficient (Wildman–Crippen LogP) is 4.48. The first-order valence-corrected chi connectivity index (χ1v) is 9.88. The minimum atomic E-state index is -0.508. The van der Waals surface area contributed by atoms with E-state index in [-0.39, 0.29) is 17.9 Å². The third-order valence-electron chi connectivity index (χ3n) is 4.64. The fraction of sp³-hybridized carbons (Fsp3) is 0.391. The zero-order valence-corrected chi connectivity index (χ0v) is 17.2. The molecule has 0 aromatic heterocycles. The average molecular weight is 396 g/mol. The maximum atomic E-state index is 12.6. The molecule has 1 aliphatic heterocycles. The number of anilines is 2. The molecule has 1 atom stereocenters. The van der Waals surface area contributed by atoms with E-state index in [1.807, 2.05) is 32.9 Å². The molecule has 2 aromatic carbocycles. The molecule has 0 bridgehead atoms. The highest BCUT2D eigenvalue weighted by molar-refractivity contribution is 6.05. The Kier molecular flexibility index (Phi) is 6.54. The van der Waals surface area contributed by atoms with E-state index >= 15 is 0 Å². The highest BCUT2D eigenvalue weighted by Crippen LogP contribution is 2.21. The molecule has 1 heterocycles. The highest BCUT2D eigenvalue weighted by atomic mass is 16.5. The molecule has 0 spiro atoms. The first-order valence-electron chi connectivity index (χ1n) is 9.88. The highest BCUT2D eigenvalue weighted by Gasteiger charge is 2.21. The summed E-state index contributed by atoms with van der Waals surface area (Å²) in [5.74, 6) is 0.393. The Bertz CT molecular complexity index is 850. The number of ether oxygens (including phenoxy) is 2. The lowest BCUT2D eigenvalue weighted by atomic mass is 9.95. The fourth-order valence-electron chi connectivity index (χ4n) is 2.86. The van der Waals surface area contributed by atoms with Crippen LogP contribution in [0.3, 0.4) is 0 Å². The lowest BCUT2D eigenvalue weighted by Crippen LogP contribution is -2.27. The SMILES string of the molecule is CC(C)(C)C(=O)Nc1cccc(C(=O)Nc2ccc(OCC3CCCO3)cc2)c1. The molecule has 6 heteroatoms. The zero-order chi connectivity index (χ0) is 20.9. The summed E-state index contributed by atoms with van der Waals surface area (Å²) >= 11 is 0. The Hall–Kier alpha value is -2.86. The van der Waals surface area contributed by atoms with Gasteiger partial charge in [0.15, 0.2) is 0 Å². The van der Waals surface area contributed by atoms with Crippen molar-refractivity contribution < 1.29 is 19.1 Å². The first kappa shape index (κ1) is 20.9. The quantitative estimate of drug-likeness (QED) is 0.755. The van der Waals surface area contributed by atoms with Gasteiger partial charge in [0, 0.05) is 29.0 Å². The Morgan fingerprint density at radius 2 is 1.83 bits per heavy atom. The summed E-state index contributed by atoms with van der Waals surface area (Å²) in [6, 6.07) is 14.1. The molecular weight excluding hydrogens is 368 g/mol. The van der Waals surface area contributed by atoms with E-state index in [4.69, 9.17) is 9.47 Å². The summed E-state index contributed by atoms with van der Waals surface area (Å²) in [4.78, 5) is 24.7. The van der Waals surface area contributed by atoms with Crippen LogP contribution in [0.25, 0.3) is 0 Å². The number of hydrogen-bond acceptors (Lipinski definition) is 4. The summed E-state index contributed by atoms with van der Waals surface area (Å²) < 4.78 is 11.3. The lowest BCUT2D eigenvalue weighted by Gasteiger charge is -2.18. The topological polar surface area (TPSA) is 76.7 Å². The number of hydrogen-bond donors (Lipinski definition) is 2.